The van der Waals surface area contributed by atoms with E-state index in [0.717, 1.165) is 11.1 Å². The third-order valence-electron chi connectivity index (χ3n) is 5.94. The van der Waals surface area contributed by atoms with Crippen LogP contribution < -0.4 is 20.3 Å². The number of benzene rings is 2. The summed E-state index contributed by atoms with van der Waals surface area (Å²) in [5, 5.41) is 20.1. The van der Waals surface area contributed by atoms with E-state index in [1.165, 1.54) is 0 Å². The van der Waals surface area contributed by atoms with Crippen LogP contribution in [0.25, 0.3) is 0 Å². The highest BCUT2D eigenvalue weighted by Gasteiger charge is 2.55. The summed E-state index contributed by atoms with van der Waals surface area (Å²) in [5.74, 6) is 1.18. The fraction of sp³-hybridized carbons (Fsp3) is 0.435. The van der Waals surface area contributed by atoms with E-state index in [0.29, 0.717) is 24.7 Å². The fourth-order valence-electron chi connectivity index (χ4n) is 4.73. The maximum atomic E-state index is 13.2. The van der Waals surface area contributed by atoms with Crippen LogP contribution in [0.2, 0.25) is 0 Å². The third kappa shape index (κ3) is 3.82. The summed E-state index contributed by atoms with van der Waals surface area (Å²) in [7, 11) is 0. The van der Waals surface area contributed by atoms with Gasteiger partial charge in [-0.3, -0.25) is 4.79 Å². The number of para-hydroxylation sites is 1. The second kappa shape index (κ2) is 9.13. The lowest BCUT2D eigenvalue weighted by atomic mass is 9.83. The Labute approximate surface area is 181 Å². The molecular formula is C23H29N3O5. The summed E-state index contributed by atoms with van der Waals surface area (Å²) in [6.07, 6.45) is 0. The number of β-amino-alcohol motifs (C(OH)–C–C–N with tert-alkyl or cyclic N) is 1. The van der Waals surface area contributed by atoms with Crippen LogP contribution >= 0.6 is 0 Å². The van der Waals surface area contributed by atoms with Gasteiger partial charge in [0.2, 0.25) is 5.91 Å². The maximum absolute atomic E-state index is 13.2. The number of aliphatic hydroxyl groups is 1. The number of ether oxygens (including phenoxy) is 2. The minimum atomic E-state index is -0.469. The molecule has 2 aliphatic rings. The number of carbonyl (C=O) groups is 1. The molecule has 0 bridgehead atoms. The molecule has 0 radical (unpaired) electrons. The summed E-state index contributed by atoms with van der Waals surface area (Å²) < 4.78 is 11.5. The highest BCUT2D eigenvalue weighted by atomic mass is 16.5. The summed E-state index contributed by atoms with van der Waals surface area (Å²) in [4.78, 5) is 14.9. The Bertz CT molecular complexity index is 937. The van der Waals surface area contributed by atoms with Gasteiger partial charge in [0.25, 0.3) is 0 Å². The summed E-state index contributed by atoms with van der Waals surface area (Å²) >= 11 is 0. The van der Waals surface area contributed by atoms with Crippen LogP contribution in [-0.2, 0) is 4.79 Å². The number of amides is 1. The molecule has 166 valence electrons. The van der Waals surface area contributed by atoms with Gasteiger partial charge in [0.15, 0.2) is 11.5 Å². The van der Waals surface area contributed by atoms with E-state index < -0.39 is 6.04 Å². The van der Waals surface area contributed by atoms with Crippen LogP contribution in [0.4, 0.5) is 0 Å². The van der Waals surface area contributed by atoms with E-state index >= 15 is 0 Å². The molecule has 2 heterocycles. The molecular weight excluding hydrogens is 398 g/mol. The molecule has 2 aliphatic heterocycles. The van der Waals surface area contributed by atoms with Crippen molar-refractivity contribution in [2.45, 2.75) is 32.0 Å². The number of aliphatic hydroxyl groups excluding tert-OH is 1. The molecule has 2 fully saturated rings. The Balaban J connectivity index is 1.78. The molecule has 8 heteroatoms. The van der Waals surface area contributed by atoms with Crippen molar-refractivity contribution in [3.8, 4) is 17.2 Å². The first-order valence-corrected chi connectivity index (χ1v) is 10.7. The fourth-order valence-corrected chi connectivity index (χ4v) is 4.73. The van der Waals surface area contributed by atoms with Crippen molar-refractivity contribution in [1.29, 1.82) is 0 Å². The van der Waals surface area contributed by atoms with Crippen molar-refractivity contribution in [2.75, 3.05) is 26.4 Å². The molecule has 0 aliphatic carbocycles. The van der Waals surface area contributed by atoms with E-state index in [2.05, 4.69) is 10.9 Å². The predicted molar refractivity (Wildman–Crippen MR) is 115 cm³/mol. The van der Waals surface area contributed by atoms with E-state index in [9.17, 15) is 15.0 Å². The quantitative estimate of drug-likeness (QED) is 0.510. The molecule has 0 spiro atoms. The van der Waals surface area contributed by atoms with E-state index in [1.54, 1.807) is 17.0 Å². The van der Waals surface area contributed by atoms with E-state index in [1.807, 2.05) is 44.2 Å². The first kappa shape index (κ1) is 21.4. The van der Waals surface area contributed by atoms with Gasteiger partial charge in [-0.15, -0.1) is 0 Å². The Hall–Kier alpha value is -2.81. The van der Waals surface area contributed by atoms with Gasteiger partial charge in [-0.05, 0) is 37.6 Å². The van der Waals surface area contributed by atoms with Gasteiger partial charge in [0.1, 0.15) is 11.8 Å². The largest absolute Gasteiger partial charge is 0.508 e. The minimum Gasteiger partial charge on any atom is -0.508 e. The number of likely N-dealkylation sites (tertiary alicyclic amines) is 1. The zero-order valence-corrected chi connectivity index (χ0v) is 17.7. The SMILES string of the molecule is CCOc1ccc(C2C3C(NNC3c3ccccc3O)C(=O)N2CCO)cc1OCC. The van der Waals surface area contributed by atoms with Crippen molar-refractivity contribution < 1.29 is 24.5 Å². The van der Waals surface area contributed by atoms with Crippen LogP contribution in [0, 0.1) is 5.92 Å². The molecule has 4 atom stereocenters. The number of hydrogen-bond acceptors (Lipinski definition) is 7. The van der Waals surface area contributed by atoms with Crippen molar-refractivity contribution >= 4 is 5.91 Å². The number of nitrogens with zero attached hydrogens (tertiary/aromatic N) is 1. The normalized spacial score (nSPS) is 25.0. The lowest BCUT2D eigenvalue weighted by Crippen LogP contribution is -2.42. The van der Waals surface area contributed by atoms with E-state index in [-0.39, 0.29) is 42.8 Å². The molecule has 2 aromatic rings. The molecule has 4 unspecified atom stereocenters. The number of rotatable bonds is 8. The van der Waals surface area contributed by atoms with Crippen LogP contribution in [0.5, 0.6) is 17.2 Å². The molecule has 0 aromatic heterocycles. The molecule has 2 aromatic carbocycles. The summed E-state index contributed by atoms with van der Waals surface area (Å²) in [5.41, 5.74) is 7.94. The van der Waals surface area contributed by atoms with Crippen molar-refractivity contribution in [3.05, 3.63) is 53.6 Å². The van der Waals surface area contributed by atoms with Crippen molar-refractivity contribution in [3.63, 3.8) is 0 Å². The number of hydrogen-bond donors (Lipinski definition) is 4. The van der Waals surface area contributed by atoms with E-state index in [4.69, 9.17) is 9.47 Å². The Kier molecular flexibility index (Phi) is 6.31. The standard InChI is InChI=1S/C23H29N3O5/c1-3-30-17-10-9-14(13-18(17)31-4-2)22-19-20(15-7-5-6-8-16(15)28)24-25-21(19)23(29)26(22)11-12-27/h5-10,13,19-22,24-25,27-28H,3-4,11-12H2,1-2H3. The number of phenols is 1. The van der Waals surface area contributed by atoms with Crippen molar-refractivity contribution in [2.24, 2.45) is 5.92 Å². The highest BCUT2D eigenvalue weighted by Crippen LogP contribution is 2.49. The van der Waals surface area contributed by atoms with Gasteiger partial charge < -0.3 is 24.6 Å². The highest BCUT2D eigenvalue weighted by molar-refractivity contribution is 5.86. The Morgan fingerprint density at radius 3 is 2.42 bits per heavy atom. The number of phenolic OH excluding ortho intramolecular Hbond substituents is 1. The predicted octanol–water partition coefficient (Wildman–Crippen LogP) is 1.90. The zero-order chi connectivity index (χ0) is 22.0. The van der Waals surface area contributed by atoms with Gasteiger partial charge in [0.05, 0.1) is 31.9 Å². The monoisotopic (exact) mass is 427 g/mol. The van der Waals surface area contributed by atoms with Crippen LogP contribution in [0.1, 0.15) is 37.1 Å². The average molecular weight is 428 g/mol. The summed E-state index contributed by atoms with van der Waals surface area (Å²) in [6.45, 7) is 4.93. The van der Waals surface area contributed by atoms with Gasteiger partial charge in [-0.1, -0.05) is 24.3 Å². The second-order valence-electron chi connectivity index (χ2n) is 7.65. The lowest BCUT2D eigenvalue weighted by Gasteiger charge is -2.31. The van der Waals surface area contributed by atoms with Crippen LogP contribution in [0.3, 0.4) is 0 Å². The zero-order valence-electron chi connectivity index (χ0n) is 17.7. The van der Waals surface area contributed by atoms with Gasteiger partial charge >= 0.3 is 0 Å². The first-order valence-electron chi connectivity index (χ1n) is 10.7. The number of fused-ring (bicyclic) bond motifs is 1. The molecule has 2 saturated heterocycles. The third-order valence-corrected chi connectivity index (χ3v) is 5.94. The van der Waals surface area contributed by atoms with Crippen LogP contribution in [-0.4, -0.2) is 53.4 Å². The van der Waals surface area contributed by atoms with Crippen LogP contribution in [0.15, 0.2) is 42.5 Å². The second-order valence-corrected chi connectivity index (χ2v) is 7.65. The number of carbonyl (C=O) groups excluding carboxylic acids is 1. The molecule has 0 saturated carbocycles. The topological polar surface area (TPSA) is 103 Å². The minimum absolute atomic E-state index is 0.0821. The van der Waals surface area contributed by atoms with Crippen molar-refractivity contribution in [1.82, 2.24) is 15.8 Å². The Morgan fingerprint density at radius 2 is 1.71 bits per heavy atom. The van der Waals surface area contributed by atoms with Gasteiger partial charge in [-0.25, -0.2) is 10.9 Å². The number of aromatic hydroxyl groups is 1. The summed E-state index contributed by atoms with van der Waals surface area (Å²) in [6, 6.07) is 11.8. The molecule has 1 amide bonds. The van der Waals surface area contributed by atoms with Gasteiger partial charge in [-0.2, -0.15) is 0 Å². The molecule has 4 rings (SSSR count). The maximum Gasteiger partial charge on any atom is 0.242 e. The lowest BCUT2D eigenvalue weighted by molar-refractivity contribution is -0.131. The molecule has 31 heavy (non-hydrogen) atoms. The molecule has 4 N–H and O–H groups in total. The molecule has 8 nitrogen and oxygen atoms in total. The number of hydrazine groups is 1. The Morgan fingerprint density at radius 1 is 1.00 bits per heavy atom. The average Bonchev–Trinajstić information content (AvgIpc) is 3.30. The smallest absolute Gasteiger partial charge is 0.242 e. The number of nitrogens with one attached hydrogen (secondary N) is 2. The first-order chi connectivity index (χ1) is 15.1. The van der Waals surface area contributed by atoms with Gasteiger partial charge in [0, 0.05) is 18.0 Å².